The number of nitrogens with one attached hydrogen (secondary N) is 1. The van der Waals surface area contributed by atoms with Gasteiger partial charge in [-0.15, -0.1) is 0 Å². The highest BCUT2D eigenvalue weighted by Crippen LogP contribution is 2.21. The van der Waals surface area contributed by atoms with Gasteiger partial charge in [-0.2, -0.15) is 0 Å². The topological polar surface area (TPSA) is 51.2 Å². The third-order valence-corrected chi connectivity index (χ3v) is 3.68. The number of methoxy groups -OCH3 is 1. The highest BCUT2D eigenvalue weighted by Gasteiger charge is 2.05. The molecule has 0 saturated carbocycles. The number of ether oxygens (including phenoxy) is 1. The molecule has 0 bridgehead atoms. The van der Waals surface area contributed by atoms with E-state index in [-0.39, 0.29) is 5.91 Å². The van der Waals surface area contributed by atoms with Crippen molar-refractivity contribution in [1.29, 1.82) is 0 Å². The van der Waals surface area contributed by atoms with Crippen molar-refractivity contribution in [2.75, 3.05) is 12.4 Å². The third-order valence-electron chi connectivity index (χ3n) is 3.68. The molecule has 0 saturated heterocycles. The summed E-state index contributed by atoms with van der Waals surface area (Å²) in [6.07, 6.45) is 4.84. The summed E-state index contributed by atoms with van der Waals surface area (Å²) in [7, 11) is 1.54. The minimum absolute atomic E-state index is 0.260. The van der Waals surface area contributed by atoms with E-state index in [2.05, 4.69) is 22.4 Å². The number of anilines is 1. The maximum absolute atomic E-state index is 12.0. The van der Waals surface area contributed by atoms with Crippen molar-refractivity contribution in [2.45, 2.75) is 0 Å². The smallest absolute Gasteiger partial charge is 0.249 e. The maximum Gasteiger partial charge on any atom is 0.249 e. The number of carbonyl (C=O) groups excluding carboxylic acids is 1. The van der Waals surface area contributed by atoms with Gasteiger partial charge in [0, 0.05) is 12.3 Å². The van der Waals surface area contributed by atoms with Crippen LogP contribution in [0, 0.1) is 0 Å². The van der Waals surface area contributed by atoms with Crippen LogP contribution >= 0.6 is 0 Å². The molecule has 3 rings (SSSR count). The number of amides is 1. The molecule has 0 radical (unpaired) electrons. The van der Waals surface area contributed by atoms with Crippen LogP contribution in [0.4, 0.5) is 5.82 Å². The summed E-state index contributed by atoms with van der Waals surface area (Å²) in [6.45, 7) is 0. The first-order valence-electron chi connectivity index (χ1n) is 7.90. The number of hydrogen-bond donors (Lipinski definition) is 1. The average molecular weight is 330 g/mol. The molecule has 0 spiro atoms. The quantitative estimate of drug-likeness (QED) is 0.705. The zero-order valence-electron chi connectivity index (χ0n) is 13.8. The summed E-state index contributed by atoms with van der Waals surface area (Å²) >= 11 is 0. The third kappa shape index (κ3) is 4.32. The lowest BCUT2D eigenvalue weighted by molar-refractivity contribution is -0.111. The van der Waals surface area contributed by atoms with Gasteiger partial charge in [-0.25, -0.2) is 4.98 Å². The molecule has 0 atom stereocenters. The Morgan fingerprint density at radius 3 is 2.40 bits per heavy atom. The van der Waals surface area contributed by atoms with E-state index in [9.17, 15) is 4.79 Å². The zero-order chi connectivity index (χ0) is 17.5. The van der Waals surface area contributed by atoms with E-state index in [0.717, 1.165) is 16.7 Å². The van der Waals surface area contributed by atoms with Gasteiger partial charge < -0.3 is 10.1 Å². The van der Waals surface area contributed by atoms with E-state index in [1.54, 1.807) is 24.4 Å². The van der Waals surface area contributed by atoms with Gasteiger partial charge in [0.1, 0.15) is 0 Å². The second-order valence-electron chi connectivity index (χ2n) is 5.36. The number of hydrogen-bond acceptors (Lipinski definition) is 3. The van der Waals surface area contributed by atoms with E-state index in [1.165, 1.54) is 13.2 Å². The fourth-order valence-corrected chi connectivity index (χ4v) is 2.40. The number of benzene rings is 2. The number of aromatic nitrogens is 1. The standard InChI is InChI=1S/C21H18N2O2/c1-25-19-8-5-15-22-21(19)23-20(24)14-11-16-9-12-18(13-10-16)17-6-3-2-4-7-17/h2-15H,1H3,(H,22,23,24)/b14-11+. The van der Waals surface area contributed by atoms with Crippen molar-refractivity contribution in [3.8, 4) is 16.9 Å². The Balaban J connectivity index is 1.66. The van der Waals surface area contributed by atoms with Gasteiger partial charge in [-0.1, -0.05) is 54.6 Å². The van der Waals surface area contributed by atoms with Gasteiger partial charge in [0.15, 0.2) is 11.6 Å². The van der Waals surface area contributed by atoms with Crippen molar-refractivity contribution < 1.29 is 9.53 Å². The van der Waals surface area contributed by atoms with Crippen LogP contribution in [0.2, 0.25) is 0 Å². The molecule has 0 fully saturated rings. The average Bonchev–Trinajstić information content (AvgIpc) is 2.68. The second kappa shape index (κ2) is 7.93. The van der Waals surface area contributed by atoms with Crippen molar-refractivity contribution >= 4 is 17.8 Å². The monoisotopic (exact) mass is 330 g/mol. The van der Waals surface area contributed by atoms with Gasteiger partial charge in [0.2, 0.25) is 5.91 Å². The molecular formula is C21H18N2O2. The van der Waals surface area contributed by atoms with Crippen LogP contribution in [-0.4, -0.2) is 18.0 Å². The van der Waals surface area contributed by atoms with Gasteiger partial charge in [-0.05, 0) is 34.9 Å². The fraction of sp³-hybridized carbons (Fsp3) is 0.0476. The van der Waals surface area contributed by atoms with Crippen LogP contribution in [0.5, 0.6) is 5.75 Å². The molecule has 0 aliphatic heterocycles. The van der Waals surface area contributed by atoms with Gasteiger partial charge in [0.05, 0.1) is 7.11 Å². The zero-order valence-corrected chi connectivity index (χ0v) is 13.8. The van der Waals surface area contributed by atoms with Crippen molar-refractivity contribution in [3.05, 3.63) is 84.6 Å². The summed E-state index contributed by atoms with van der Waals surface area (Å²) in [5, 5.41) is 2.71. The van der Waals surface area contributed by atoms with Crippen LogP contribution in [-0.2, 0) is 4.79 Å². The Bertz CT molecular complexity index is 872. The minimum atomic E-state index is -0.260. The second-order valence-corrected chi connectivity index (χ2v) is 5.36. The molecule has 4 heteroatoms. The first-order valence-corrected chi connectivity index (χ1v) is 7.90. The number of rotatable bonds is 5. The SMILES string of the molecule is COc1cccnc1NC(=O)/C=C/c1ccc(-c2ccccc2)cc1. The fourth-order valence-electron chi connectivity index (χ4n) is 2.40. The van der Waals surface area contributed by atoms with E-state index in [4.69, 9.17) is 4.74 Å². The van der Waals surface area contributed by atoms with E-state index < -0.39 is 0 Å². The molecule has 2 aromatic carbocycles. The van der Waals surface area contributed by atoms with Crippen molar-refractivity contribution in [1.82, 2.24) is 4.98 Å². The predicted octanol–water partition coefficient (Wildman–Crippen LogP) is 4.41. The Labute approximate surface area is 146 Å². The van der Waals surface area contributed by atoms with Crippen LogP contribution in [0.1, 0.15) is 5.56 Å². The highest BCUT2D eigenvalue weighted by atomic mass is 16.5. The molecule has 1 amide bonds. The Morgan fingerprint density at radius 2 is 1.68 bits per heavy atom. The molecule has 124 valence electrons. The number of nitrogens with zero attached hydrogens (tertiary/aromatic N) is 1. The first kappa shape index (κ1) is 16.5. The molecule has 25 heavy (non-hydrogen) atoms. The molecule has 1 N–H and O–H groups in total. The summed E-state index contributed by atoms with van der Waals surface area (Å²) in [6, 6.07) is 21.7. The summed E-state index contributed by atoms with van der Waals surface area (Å²) in [5.74, 6) is 0.666. The lowest BCUT2D eigenvalue weighted by atomic mass is 10.0. The summed E-state index contributed by atoms with van der Waals surface area (Å²) in [4.78, 5) is 16.1. The lowest BCUT2D eigenvalue weighted by Crippen LogP contribution is -2.10. The van der Waals surface area contributed by atoms with Gasteiger partial charge in [-0.3, -0.25) is 4.79 Å². The van der Waals surface area contributed by atoms with Crippen molar-refractivity contribution in [3.63, 3.8) is 0 Å². The summed E-state index contributed by atoms with van der Waals surface area (Å²) in [5.41, 5.74) is 3.25. The van der Waals surface area contributed by atoms with Crippen LogP contribution in [0.15, 0.2) is 79.0 Å². The Morgan fingerprint density at radius 1 is 0.960 bits per heavy atom. The van der Waals surface area contributed by atoms with Crippen LogP contribution in [0.3, 0.4) is 0 Å². The molecular weight excluding hydrogens is 312 g/mol. The molecule has 4 nitrogen and oxygen atoms in total. The predicted molar refractivity (Wildman–Crippen MR) is 100 cm³/mol. The van der Waals surface area contributed by atoms with E-state index in [0.29, 0.717) is 11.6 Å². The Hall–Kier alpha value is -3.40. The lowest BCUT2D eigenvalue weighted by Gasteiger charge is -2.06. The Kier molecular flexibility index (Phi) is 5.22. The molecule has 0 aliphatic rings. The number of pyridine rings is 1. The highest BCUT2D eigenvalue weighted by molar-refractivity contribution is 6.02. The van der Waals surface area contributed by atoms with Gasteiger partial charge in [0.25, 0.3) is 0 Å². The first-order chi connectivity index (χ1) is 12.3. The van der Waals surface area contributed by atoms with Crippen LogP contribution in [0.25, 0.3) is 17.2 Å². The summed E-state index contributed by atoms with van der Waals surface area (Å²) < 4.78 is 5.16. The van der Waals surface area contributed by atoms with E-state index >= 15 is 0 Å². The van der Waals surface area contributed by atoms with E-state index in [1.807, 2.05) is 42.5 Å². The van der Waals surface area contributed by atoms with Crippen molar-refractivity contribution in [2.24, 2.45) is 0 Å². The molecule has 1 heterocycles. The normalized spacial score (nSPS) is 10.6. The molecule has 3 aromatic rings. The van der Waals surface area contributed by atoms with Gasteiger partial charge >= 0.3 is 0 Å². The molecule has 1 aromatic heterocycles. The minimum Gasteiger partial charge on any atom is -0.493 e. The molecule has 0 aliphatic carbocycles. The number of carbonyl (C=O) groups is 1. The van der Waals surface area contributed by atoms with Crippen LogP contribution < -0.4 is 10.1 Å². The molecule has 0 unspecified atom stereocenters. The maximum atomic E-state index is 12.0. The largest absolute Gasteiger partial charge is 0.493 e.